The zero-order valence-corrected chi connectivity index (χ0v) is 20.3. The topological polar surface area (TPSA) is 91.1 Å². The van der Waals surface area contributed by atoms with Gasteiger partial charge in [-0.15, -0.1) is 24.0 Å². The Morgan fingerprint density at radius 1 is 1.24 bits per heavy atom. The van der Waals surface area contributed by atoms with Gasteiger partial charge < -0.3 is 25.1 Å². The third-order valence-corrected chi connectivity index (χ3v) is 4.45. The molecule has 1 amide bonds. The maximum Gasteiger partial charge on any atom is 0.407 e. The molecule has 0 radical (unpaired) electrons. The van der Waals surface area contributed by atoms with Crippen LogP contribution in [0.15, 0.2) is 27.8 Å². The molecule has 1 aliphatic heterocycles. The third-order valence-electron chi connectivity index (χ3n) is 4.45. The summed E-state index contributed by atoms with van der Waals surface area (Å²) < 4.78 is 10.9. The van der Waals surface area contributed by atoms with Crippen LogP contribution in [0.4, 0.5) is 4.79 Å². The Labute approximate surface area is 191 Å². The van der Waals surface area contributed by atoms with Crippen LogP contribution in [0, 0.1) is 0 Å². The van der Waals surface area contributed by atoms with Gasteiger partial charge in [0.05, 0.1) is 12.3 Å². The number of aliphatic imine (C=N–C) groups is 1. The van der Waals surface area contributed by atoms with Crippen LogP contribution in [-0.2, 0) is 4.74 Å². The van der Waals surface area contributed by atoms with E-state index in [4.69, 9.17) is 9.15 Å². The molecule has 1 fully saturated rings. The minimum absolute atomic E-state index is 0. The number of carbonyl (C=O) groups is 1. The monoisotopic (exact) mass is 521 g/mol. The van der Waals surface area contributed by atoms with Crippen LogP contribution in [0.3, 0.4) is 0 Å². The molecule has 8 nitrogen and oxygen atoms in total. The quantitative estimate of drug-likeness (QED) is 0.211. The third kappa shape index (κ3) is 9.70. The zero-order valence-electron chi connectivity index (χ0n) is 18.0. The molecule has 1 aromatic heterocycles. The molecule has 2 rings (SSSR count). The number of carbonyl (C=O) groups excluding carboxylic acids is 1. The van der Waals surface area contributed by atoms with E-state index in [9.17, 15) is 4.79 Å². The fourth-order valence-electron chi connectivity index (χ4n) is 3.16. The van der Waals surface area contributed by atoms with Crippen molar-refractivity contribution < 1.29 is 13.9 Å². The highest BCUT2D eigenvalue weighted by Gasteiger charge is 2.25. The van der Waals surface area contributed by atoms with Crippen LogP contribution in [-0.4, -0.2) is 62.3 Å². The Morgan fingerprint density at radius 3 is 2.52 bits per heavy atom. The summed E-state index contributed by atoms with van der Waals surface area (Å²) in [4.78, 5) is 18.4. The summed E-state index contributed by atoms with van der Waals surface area (Å²) in [6, 6.07) is 4.16. The maximum atomic E-state index is 11.6. The number of nitrogens with one attached hydrogen (secondary N) is 3. The fraction of sp³-hybridized carbons (Fsp3) is 0.700. The highest BCUT2D eigenvalue weighted by Crippen LogP contribution is 2.24. The van der Waals surface area contributed by atoms with Gasteiger partial charge in [-0.2, -0.15) is 0 Å². The number of hydrogen-bond acceptors (Lipinski definition) is 5. The molecule has 0 aliphatic carbocycles. The Balaban J connectivity index is 0.00000420. The number of amides is 1. The average molecular weight is 521 g/mol. The number of furan rings is 1. The number of hydrogen-bond donors (Lipinski definition) is 3. The van der Waals surface area contributed by atoms with E-state index in [0.717, 1.165) is 37.8 Å². The molecule has 166 valence electrons. The summed E-state index contributed by atoms with van der Waals surface area (Å²) in [6.07, 6.45) is 4.57. The highest BCUT2D eigenvalue weighted by molar-refractivity contribution is 14.0. The molecule has 0 spiro atoms. The molecule has 1 aromatic rings. The summed E-state index contributed by atoms with van der Waals surface area (Å²) in [5.74, 6) is 1.72. The van der Waals surface area contributed by atoms with Crippen molar-refractivity contribution in [3.8, 4) is 0 Å². The molecule has 0 saturated carbocycles. The van der Waals surface area contributed by atoms with Gasteiger partial charge in [0.15, 0.2) is 5.96 Å². The number of ether oxygens (including phenoxy) is 1. The van der Waals surface area contributed by atoms with Crippen molar-refractivity contribution in [2.75, 3.05) is 39.8 Å². The highest BCUT2D eigenvalue weighted by atomic mass is 127. The van der Waals surface area contributed by atoms with E-state index in [1.807, 2.05) is 32.9 Å². The van der Waals surface area contributed by atoms with E-state index in [0.29, 0.717) is 13.1 Å². The number of rotatable bonds is 8. The minimum atomic E-state index is -0.478. The first kappa shape index (κ1) is 25.5. The van der Waals surface area contributed by atoms with E-state index in [1.165, 1.54) is 12.8 Å². The fourth-order valence-corrected chi connectivity index (χ4v) is 3.16. The molecule has 1 saturated heterocycles. The Morgan fingerprint density at radius 2 is 1.93 bits per heavy atom. The van der Waals surface area contributed by atoms with Crippen LogP contribution in [0.1, 0.15) is 51.8 Å². The molecule has 1 atom stereocenters. The SMILES string of the molecule is CN=C(NCCCNC(=O)OC(C)(C)C)NCC(c1ccco1)N1CCCC1.I. The van der Waals surface area contributed by atoms with Gasteiger partial charge in [0.25, 0.3) is 0 Å². The number of guanidine groups is 1. The van der Waals surface area contributed by atoms with Gasteiger partial charge in [-0.05, 0) is 65.3 Å². The summed E-state index contributed by atoms with van der Waals surface area (Å²) >= 11 is 0. The van der Waals surface area contributed by atoms with Gasteiger partial charge >= 0.3 is 6.09 Å². The predicted molar refractivity (Wildman–Crippen MR) is 126 cm³/mol. The van der Waals surface area contributed by atoms with Gasteiger partial charge in [0.1, 0.15) is 11.4 Å². The summed E-state index contributed by atoms with van der Waals surface area (Å²) in [5.41, 5.74) is -0.478. The first-order chi connectivity index (χ1) is 13.4. The lowest BCUT2D eigenvalue weighted by molar-refractivity contribution is 0.0527. The molecule has 9 heteroatoms. The zero-order chi connectivity index (χ0) is 20.4. The normalized spacial score (nSPS) is 16.1. The molecular weight excluding hydrogens is 485 g/mol. The minimum Gasteiger partial charge on any atom is -0.468 e. The van der Waals surface area contributed by atoms with Gasteiger partial charge in [0.2, 0.25) is 0 Å². The van der Waals surface area contributed by atoms with E-state index in [1.54, 1.807) is 13.3 Å². The smallest absolute Gasteiger partial charge is 0.407 e. The van der Waals surface area contributed by atoms with Gasteiger partial charge in [-0.1, -0.05) is 0 Å². The summed E-state index contributed by atoms with van der Waals surface area (Å²) in [7, 11) is 1.76. The molecule has 0 aromatic carbocycles. The molecule has 1 aliphatic rings. The molecule has 0 bridgehead atoms. The largest absolute Gasteiger partial charge is 0.468 e. The van der Waals surface area contributed by atoms with Crippen LogP contribution in [0.2, 0.25) is 0 Å². The van der Waals surface area contributed by atoms with Crippen LogP contribution in [0.5, 0.6) is 0 Å². The summed E-state index contributed by atoms with van der Waals surface area (Å²) in [6.45, 7) is 9.70. The van der Waals surface area contributed by atoms with E-state index >= 15 is 0 Å². The van der Waals surface area contributed by atoms with Crippen molar-refractivity contribution >= 4 is 36.0 Å². The second-order valence-electron chi connectivity index (χ2n) is 7.94. The predicted octanol–water partition coefficient (Wildman–Crippen LogP) is 3.11. The molecule has 29 heavy (non-hydrogen) atoms. The number of halogens is 1. The maximum absolute atomic E-state index is 11.6. The second kappa shape index (κ2) is 12.9. The summed E-state index contributed by atoms with van der Waals surface area (Å²) in [5, 5.41) is 9.43. The number of nitrogens with zero attached hydrogens (tertiary/aromatic N) is 2. The van der Waals surface area contributed by atoms with Gasteiger partial charge in [-0.3, -0.25) is 9.89 Å². The van der Waals surface area contributed by atoms with Crippen LogP contribution < -0.4 is 16.0 Å². The Hall–Kier alpha value is -1.49. The van der Waals surface area contributed by atoms with Gasteiger partial charge in [0, 0.05) is 26.7 Å². The molecule has 1 unspecified atom stereocenters. The molecular formula is C20H36IN5O3. The lowest BCUT2D eigenvalue weighted by Crippen LogP contribution is -2.43. The van der Waals surface area contributed by atoms with E-state index in [-0.39, 0.29) is 36.1 Å². The van der Waals surface area contributed by atoms with Crippen molar-refractivity contribution in [1.29, 1.82) is 0 Å². The average Bonchev–Trinajstić information content (AvgIpc) is 3.32. The van der Waals surface area contributed by atoms with Crippen molar-refractivity contribution in [1.82, 2.24) is 20.9 Å². The van der Waals surface area contributed by atoms with Crippen LogP contribution in [0.25, 0.3) is 0 Å². The lowest BCUT2D eigenvalue weighted by atomic mass is 10.2. The van der Waals surface area contributed by atoms with Crippen molar-refractivity contribution in [3.05, 3.63) is 24.2 Å². The van der Waals surface area contributed by atoms with Gasteiger partial charge in [-0.25, -0.2) is 4.79 Å². The second-order valence-corrected chi connectivity index (χ2v) is 7.94. The first-order valence-electron chi connectivity index (χ1n) is 10.1. The molecule has 3 N–H and O–H groups in total. The van der Waals surface area contributed by atoms with E-state index < -0.39 is 5.60 Å². The Kier molecular flexibility index (Phi) is 11.4. The molecule has 2 heterocycles. The lowest BCUT2D eigenvalue weighted by Gasteiger charge is -2.26. The standard InChI is InChI=1S/C20H35N5O3.HI/c1-20(2,3)28-19(26)23-11-8-10-22-18(21-4)24-15-16(17-9-7-14-27-17)25-12-5-6-13-25;/h7,9,14,16H,5-6,8,10-13,15H2,1-4H3,(H,23,26)(H2,21,22,24);1H. The van der Waals surface area contributed by atoms with Crippen molar-refractivity contribution in [2.45, 2.75) is 51.7 Å². The van der Waals surface area contributed by atoms with Crippen molar-refractivity contribution in [3.63, 3.8) is 0 Å². The Bertz CT molecular complexity index is 610. The number of likely N-dealkylation sites (tertiary alicyclic amines) is 1. The van der Waals surface area contributed by atoms with Crippen LogP contribution >= 0.6 is 24.0 Å². The number of alkyl carbamates (subject to hydrolysis) is 1. The van der Waals surface area contributed by atoms with Crippen molar-refractivity contribution in [2.24, 2.45) is 4.99 Å². The first-order valence-corrected chi connectivity index (χ1v) is 10.1. The van der Waals surface area contributed by atoms with E-state index in [2.05, 4.69) is 25.8 Å².